The lowest BCUT2D eigenvalue weighted by molar-refractivity contribution is -0.127. The minimum atomic E-state index is 0.0693. The van der Waals surface area contributed by atoms with E-state index in [0.717, 1.165) is 17.9 Å². The van der Waals surface area contributed by atoms with Crippen molar-refractivity contribution in [1.29, 1.82) is 0 Å². The second-order valence-electron chi connectivity index (χ2n) is 3.48. The van der Waals surface area contributed by atoms with E-state index in [1.165, 1.54) is 0 Å². The van der Waals surface area contributed by atoms with Gasteiger partial charge in [-0.25, -0.2) is 4.98 Å². The van der Waals surface area contributed by atoms with E-state index >= 15 is 0 Å². The first-order valence-electron chi connectivity index (χ1n) is 5.04. The van der Waals surface area contributed by atoms with Crippen LogP contribution >= 0.6 is 0 Å². The van der Waals surface area contributed by atoms with Crippen LogP contribution in [0.15, 0.2) is 18.3 Å². The molecule has 1 rings (SSSR count). The summed E-state index contributed by atoms with van der Waals surface area (Å²) in [6.07, 6.45) is 1.77. The van der Waals surface area contributed by atoms with Crippen molar-refractivity contribution < 1.29 is 4.79 Å². The summed E-state index contributed by atoms with van der Waals surface area (Å²) in [5.41, 5.74) is 1.11. The number of nitrogens with zero attached hydrogens (tertiary/aromatic N) is 2. The molecule has 0 bridgehead atoms. The van der Waals surface area contributed by atoms with E-state index < -0.39 is 0 Å². The molecule has 1 heterocycles. The minimum Gasteiger partial charge on any atom is -0.361 e. The van der Waals surface area contributed by atoms with Crippen molar-refractivity contribution in [2.45, 2.75) is 13.8 Å². The van der Waals surface area contributed by atoms with Crippen molar-refractivity contribution in [3.05, 3.63) is 23.9 Å². The summed E-state index contributed by atoms with van der Waals surface area (Å²) < 4.78 is 0. The van der Waals surface area contributed by atoms with Crippen LogP contribution in [0.2, 0.25) is 0 Å². The van der Waals surface area contributed by atoms with Gasteiger partial charge in [0.15, 0.2) is 0 Å². The maximum absolute atomic E-state index is 11.4. The fraction of sp³-hybridized carbons (Fsp3) is 0.455. The largest absolute Gasteiger partial charge is 0.361 e. The zero-order valence-electron chi connectivity index (χ0n) is 9.45. The van der Waals surface area contributed by atoms with Crippen molar-refractivity contribution in [2.24, 2.45) is 0 Å². The number of amides is 1. The van der Waals surface area contributed by atoms with Crippen LogP contribution in [-0.4, -0.2) is 35.9 Å². The summed E-state index contributed by atoms with van der Waals surface area (Å²) in [6.45, 7) is 4.94. The maximum Gasteiger partial charge on any atom is 0.241 e. The molecule has 1 aromatic heterocycles. The highest BCUT2D eigenvalue weighted by molar-refractivity contribution is 5.80. The first-order valence-corrected chi connectivity index (χ1v) is 5.04. The zero-order chi connectivity index (χ0) is 11.3. The van der Waals surface area contributed by atoms with E-state index in [2.05, 4.69) is 10.3 Å². The number of likely N-dealkylation sites (N-methyl/N-ethyl adjacent to an activating group) is 1. The van der Waals surface area contributed by atoms with Crippen LogP contribution in [0.3, 0.4) is 0 Å². The highest BCUT2D eigenvalue weighted by Crippen LogP contribution is 2.03. The predicted molar refractivity (Wildman–Crippen MR) is 60.8 cm³/mol. The second-order valence-corrected chi connectivity index (χ2v) is 3.48. The minimum absolute atomic E-state index is 0.0693. The molecule has 15 heavy (non-hydrogen) atoms. The van der Waals surface area contributed by atoms with Crippen molar-refractivity contribution in [3.8, 4) is 0 Å². The monoisotopic (exact) mass is 207 g/mol. The van der Waals surface area contributed by atoms with Crippen LogP contribution in [-0.2, 0) is 4.79 Å². The van der Waals surface area contributed by atoms with Crippen LogP contribution in [0, 0.1) is 6.92 Å². The SMILES string of the molecule is CCN(C)C(=O)CNc1ccc(C)cn1. The molecule has 1 aromatic rings. The molecule has 82 valence electrons. The standard InChI is InChI=1S/C11H17N3O/c1-4-14(3)11(15)8-13-10-6-5-9(2)7-12-10/h5-7H,4,8H2,1-3H3,(H,12,13). The topological polar surface area (TPSA) is 45.2 Å². The van der Waals surface area contributed by atoms with Gasteiger partial charge in [-0.1, -0.05) is 6.07 Å². The van der Waals surface area contributed by atoms with Gasteiger partial charge in [0.05, 0.1) is 6.54 Å². The number of nitrogens with one attached hydrogen (secondary N) is 1. The molecular formula is C11H17N3O. The summed E-state index contributed by atoms with van der Waals surface area (Å²) in [5, 5.41) is 2.98. The summed E-state index contributed by atoms with van der Waals surface area (Å²) in [4.78, 5) is 17.3. The van der Waals surface area contributed by atoms with Gasteiger partial charge in [-0.2, -0.15) is 0 Å². The predicted octanol–water partition coefficient (Wildman–Crippen LogP) is 1.28. The Hall–Kier alpha value is -1.58. The van der Waals surface area contributed by atoms with Crippen molar-refractivity contribution in [3.63, 3.8) is 0 Å². The Kier molecular flexibility index (Phi) is 4.09. The van der Waals surface area contributed by atoms with Crippen LogP contribution in [0.5, 0.6) is 0 Å². The van der Waals surface area contributed by atoms with Gasteiger partial charge in [0.25, 0.3) is 0 Å². The van der Waals surface area contributed by atoms with Crippen LogP contribution in [0.25, 0.3) is 0 Å². The molecule has 0 radical (unpaired) electrons. The van der Waals surface area contributed by atoms with Crippen LogP contribution in [0.4, 0.5) is 5.82 Å². The molecular weight excluding hydrogens is 190 g/mol. The van der Waals surface area contributed by atoms with Gasteiger partial charge in [0.1, 0.15) is 5.82 Å². The first-order chi connectivity index (χ1) is 7.13. The number of hydrogen-bond donors (Lipinski definition) is 1. The molecule has 1 N–H and O–H groups in total. The van der Waals surface area contributed by atoms with Gasteiger partial charge < -0.3 is 10.2 Å². The number of hydrogen-bond acceptors (Lipinski definition) is 3. The Morgan fingerprint density at radius 1 is 1.53 bits per heavy atom. The van der Waals surface area contributed by atoms with Gasteiger partial charge in [-0.15, -0.1) is 0 Å². The molecule has 0 saturated carbocycles. The zero-order valence-corrected chi connectivity index (χ0v) is 9.45. The van der Waals surface area contributed by atoms with E-state index in [1.54, 1.807) is 18.1 Å². The molecule has 4 heteroatoms. The Labute approximate surface area is 90.3 Å². The molecule has 0 fully saturated rings. The smallest absolute Gasteiger partial charge is 0.241 e. The Morgan fingerprint density at radius 3 is 2.80 bits per heavy atom. The van der Waals surface area contributed by atoms with Gasteiger partial charge >= 0.3 is 0 Å². The van der Waals surface area contributed by atoms with E-state index in [-0.39, 0.29) is 5.91 Å². The molecule has 0 aromatic carbocycles. The lowest BCUT2D eigenvalue weighted by Crippen LogP contribution is -2.32. The lowest BCUT2D eigenvalue weighted by atomic mass is 10.3. The summed E-state index contributed by atoms with van der Waals surface area (Å²) in [5.74, 6) is 0.804. The number of pyridine rings is 1. The number of anilines is 1. The molecule has 0 saturated heterocycles. The van der Waals surface area contributed by atoms with Crippen molar-refractivity contribution in [1.82, 2.24) is 9.88 Å². The number of rotatable bonds is 4. The molecule has 0 aliphatic carbocycles. The normalized spacial score (nSPS) is 9.80. The van der Waals surface area contributed by atoms with Crippen LogP contribution in [0.1, 0.15) is 12.5 Å². The average Bonchev–Trinajstić information content (AvgIpc) is 2.26. The van der Waals surface area contributed by atoms with Gasteiger partial charge in [-0.05, 0) is 25.5 Å². The molecule has 0 aliphatic heterocycles. The van der Waals surface area contributed by atoms with Gasteiger partial charge in [0.2, 0.25) is 5.91 Å². The third kappa shape index (κ3) is 3.58. The van der Waals surface area contributed by atoms with Crippen LogP contribution < -0.4 is 5.32 Å². The number of carbonyl (C=O) groups is 1. The number of aryl methyl sites for hydroxylation is 1. The summed E-state index contributed by atoms with van der Waals surface area (Å²) >= 11 is 0. The fourth-order valence-electron chi connectivity index (χ4n) is 1.05. The number of aromatic nitrogens is 1. The summed E-state index contributed by atoms with van der Waals surface area (Å²) in [7, 11) is 1.78. The molecule has 0 spiro atoms. The van der Waals surface area contributed by atoms with Gasteiger partial charge in [-0.3, -0.25) is 4.79 Å². The quantitative estimate of drug-likeness (QED) is 0.809. The molecule has 4 nitrogen and oxygen atoms in total. The van der Waals surface area contributed by atoms with Crippen molar-refractivity contribution in [2.75, 3.05) is 25.5 Å². The van der Waals surface area contributed by atoms with Gasteiger partial charge in [0, 0.05) is 19.8 Å². The molecule has 0 aliphatic rings. The third-order valence-electron chi connectivity index (χ3n) is 2.23. The second kappa shape index (κ2) is 5.34. The lowest BCUT2D eigenvalue weighted by Gasteiger charge is -2.14. The summed E-state index contributed by atoms with van der Waals surface area (Å²) in [6, 6.07) is 3.83. The van der Waals surface area contributed by atoms with E-state index in [1.807, 2.05) is 26.0 Å². The van der Waals surface area contributed by atoms with E-state index in [0.29, 0.717) is 6.54 Å². The number of carbonyl (C=O) groups excluding carboxylic acids is 1. The molecule has 1 amide bonds. The molecule has 0 atom stereocenters. The van der Waals surface area contributed by atoms with E-state index in [9.17, 15) is 4.79 Å². The highest BCUT2D eigenvalue weighted by Gasteiger charge is 2.05. The molecule has 0 unspecified atom stereocenters. The van der Waals surface area contributed by atoms with Crippen molar-refractivity contribution >= 4 is 11.7 Å². The highest BCUT2D eigenvalue weighted by atomic mass is 16.2. The Bertz CT molecular complexity index is 321. The van der Waals surface area contributed by atoms with E-state index in [4.69, 9.17) is 0 Å². The third-order valence-corrected chi connectivity index (χ3v) is 2.23. The Balaban J connectivity index is 2.43. The average molecular weight is 207 g/mol. The first kappa shape index (κ1) is 11.5. The Morgan fingerprint density at radius 2 is 2.27 bits per heavy atom. The fourth-order valence-corrected chi connectivity index (χ4v) is 1.05. The maximum atomic E-state index is 11.4.